The number of nitrogens with zero attached hydrogens (tertiary/aromatic N) is 2. The lowest BCUT2D eigenvalue weighted by atomic mass is 10.1. The minimum Gasteiger partial charge on any atom is -0.405 e. The van der Waals surface area contributed by atoms with E-state index in [4.69, 9.17) is 0 Å². The Morgan fingerprint density at radius 3 is 2.60 bits per heavy atom. The van der Waals surface area contributed by atoms with Crippen molar-refractivity contribution in [3.8, 4) is 26.6 Å². The first-order valence-electron chi connectivity index (χ1n) is 10.5. The number of alkyl halides is 3. The second-order valence-corrected chi connectivity index (χ2v) is 9.79. The van der Waals surface area contributed by atoms with Crippen LogP contribution >= 0.6 is 23.3 Å². The fourth-order valence-electron chi connectivity index (χ4n) is 3.76. The molecule has 0 fully saturated rings. The number of para-hydroxylation sites is 1. The van der Waals surface area contributed by atoms with Crippen molar-refractivity contribution < 1.29 is 22.7 Å². The third-order valence-electron chi connectivity index (χ3n) is 5.36. The summed E-state index contributed by atoms with van der Waals surface area (Å²) in [5.41, 5.74) is 4.33. The van der Waals surface area contributed by atoms with Crippen molar-refractivity contribution in [1.29, 1.82) is 0 Å². The number of fused-ring (bicyclic) bond motifs is 1. The highest BCUT2D eigenvalue weighted by Crippen LogP contribution is 2.38. The molecule has 2 aromatic heterocycles. The summed E-state index contributed by atoms with van der Waals surface area (Å²) in [6.45, 7) is 0.604. The number of hydrogen-bond donors (Lipinski definition) is 1. The largest absolute Gasteiger partial charge is 0.573 e. The molecule has 1 N–H and O–H groups in total. The lowest BCUT2D eigenvalue weighted by Gasteiger charge is -2.13. The quantitative estimate of drug-likeness (QED) is 0.279. The normalized spacial score (nSPS) is 13.1. The van der Waals surface area contributed by atoms with Crippen LogP contribution in [0.1, 0.15) is 15.9 Å². The van der Waals surface area contributed by atoms with Crippen molar-refractivity contribution in [3.05, 3.63) is 84.2 Å². The van der Waals surface area contributed by atoms with E-state index < -0.39 is 6.36 Å². The zero-order valence-corrected chi connectivity index (χ0v) is 19.9. The molecule has 0 unspecified atom stereocenters. The van der Waals surface area contributed by atoms with Crippen LogP contribution in [0.2, 0.25) is 0 Å². The van der Waals surface area contributed by atoms with Gasteiger partial charge in [0.15, 0.2) is 0 Å². The van der Waals surface area contributed by atoms with Gasteiger partial charge in [0.2, 0.25) is 0 Å². The fourth-order valence-corrected chi connectivity index (χ4v) is 5.44. The predicted octanol–water partition coefficient (Wildman–Crippen LogP) is 7.08. The Balaban J connectivity index is 1.32. The number of rotatable bonds is 6. The summed E-state index contributed by atoms with van der Waals surface area (Å²) < 4.78 is 45.2. The van der Waals surface area contributed by atoms with Crippen LogP contribution in [0.3, 0.4) is 0 Å². The Hall–Kier alpha value is -3.50. The molecule has 2 aromatic carbocycles. The molecule has 4 aromatic rings. The smallest absolute Gasteiger partial charge is 0.405 e. The van der Waals surface area contributed by atoms with Crippen molar-refractivity contribution >= 4 is 34.9 Å². The van der Waals surface area contributed by atoms with E-state index >= 15 is 0 Å². The van der Waals surface area contributed by atoms with Gasteiger partial charge in [-0.15, -0.1) is 24.5 Å². The molecule has 0 saturated heterocycles. The van der Waals surface area contributed by atoms with Crippen molar-refractivity contribution in [3.63, 3.8) is 0 Å². The second kappa shape index (κ2) is 9.27. The first-order chi connectivity index (χ1) is 16.8. The number of aromatic nitrogens is 1. The number of ether oxygens (including phenoxy) is 1. The summed E-state index contributed by atoms with van der Waals surface area (Å²) >= 11 is 2.62. The number of nitrogens with one attached hydrogen (secondary N) is 1. The number of carbonyl (C=O) groups is 1. The highest BCUT2D eigenvalue weighted by molar-refractivity contribution is 8.00. The standard InChI is InChI=1S/C25H18F3N3O2S2/c1-31-14-17-10-15(6-7-19(17)24(31)32)21-8-9-22(34-21)16-11-18(13-29-12-16)30-35-23-5-3-2-4-20(23)33-25(26,27)28/h2-13,30H,14H2,1H3. The Morgan fingerprint density at radius 2 is 1.80 bits per heavy atom. The molecule has 0 aliphatic carbocycles. The summed E-state index contributed by atoms with van der Waals surface area (Å²) in [6.07, 6.45) is -1.42. The average Bonchev–Trinajstić information content (AvgIpc) is 3.43. The second-order valence-electron chi connectivity index (χ2n) is 7.86. The van der Waals surface area contributed by atoms with Gasteiger partial charge >= 0.3 is 6.36 Å². The molecule has 1 aliphatic rings. The third kappa shape index (κ3) is 5.13. The Morgan fingerprint density at radius 1 is 1.03 bits per heavy atom. The van der Waals surface area contributed by atoms with E-state index in [1.54, 1.807) is 47.8 Å². The first-order valence-corrected chi connectivity index (χ1v) is 12.1. The highest BCUT2D eigenvalue weighted by Gasteiger charge is 2.32. The molecule has 35 heavy (non-hydrogen) atoms. The lowest BCUT2D eigenvalue weighted by molar-refractivity contribution is -0.275. The number of carbonyl (C=O) groups excluding carboxylic acids is 1. The van der Waals surface area contributed by atoms with Crippen LogP contribution in [0, 0.1) is 0 Å². The Bertz CT molecular complexity index is 1400. The first kappa shape index (κ1) is 23.3. The van der Waals surface area contributed by atoms with Gasteiger partial charge < -0.3 is 14.4 Å². The summed E-state index contributed by atoms with van der Waals surface area (Å²) in [4.78, 5) is 20.5. The van der Waals surface area contributed by atoms with E-state index in [0.29, 0.717) is 17.1 Å². The summed E-state index contributed by atoms with van der Waals surface area (Å²) in [7, 11) is 1.79. The van der Waals surface area contributed by atoms with Crippen LogP contribution in [-0.2, 0) is 6.54 Å². The molecule has 0 atom stereocenters. The minimum atomic E-state index is -4.76. The number of thiophene rings is 1. The number of halogens is 3. The van der Waals surface area contributed by atoms with E-state index in [2.05, 4.69) is 20.5 Å². The van der Waals surface area contributed by atoms with Gasteiger partial charge in [-0.05, 0) is 65.5 Å². The van der Waals surface area contributed by atoms with Crippen molar-refractivity contribution in [2.45, 2.75) is 17.8 Å². The zero-order chi connectivity index (χ0) is 24.6. The van der Waals surface area contributed by atoms with Gasteiger partial charge in [-0.25, -0.2) is 0 Å². The van der Waals surface area contributed by atoms with E-state index in [1.165, 1.54) is 12.1 Å². The molecular formula is C25H18F3N3O2S2. The molecule has 0 radical (unpaired) electrons. The van der Waals surface area contributed by atoms with E-state index in [-0.39, 0.29) is 11.7 Å². The van der Waals surface area contributed by atoms with Gasteiger partial charge in [-0.3, -0.25) is 9.78 Å². The van der Waals surface area contributed by atoms with Gasteiger partial charge in [0.1, 0.15) is 5.75 Å². The lowest BCUT2D eigenvalue weighted by Crippen LogP contribution is -2.17. The summed E-state index contributed by atoms with van der Waals surface area (Å²) in [5.74, 6) is -0.231. The van der Waals surface area contributed by atoms with Crippen LogP contribution in [0.5, 0.6) is 5.75 Å². The number of pyridine rings is 1. The number of anilines is 1. The van der Waals surface area contributed by atoms with Crippen LogP contribution in [-0.4, -0.2) is 29.2 Å². The van der Waals surface area contributed by atoms with Crippen LogP contribution in [0.15, 0.2) is 78.0 Å². The molecule has 5 nitrogen and oxygen atoms in total. The van der Waals surface area contributed by atoms with Crippen molar-refractivity contribution in [2.75, 3.05) is 11.8 Å². The monoisotopic (exact) mass is 513 g/mol. The topological polar surface area (TPSA) is 54.5 Å². The zero-order valence-electron chi connectivity index (χ0n) is 18.3. The molecule has 1 amide bonds. The number of hydrogen-bond acceptors (Lipinski definition) is 6. The maximum atomic E-state index is 12.7. The van der Waals surface area contributed by atoms with Crippen LogP contribution < -0.4 is 9.46 Å². The summed E-state index contributed by atoms with van der Waals surface area (Å²) in [6, 6.07) is 17.8. The Labute approximate surface area is 207 Å². The van der Waals surface area contributed by atoms with Crippen molar-refractivity contribution in [1.82, 2.24) is 9.88 Å². The van der Waals surface area contributed by atoms with Gasteiger partial charge in [-0.1, -0.05) is 18.2 Å². The Kier molecular flexibility index (Phi) is 6.16. The molecule has 0 saturated carbocycles. The molecular weight excluding hydrogens is 495 g/mol. The van der Waals surface area contributed by atoms with E-state index in [0.717, 1.165) is 44.0 Å². The molecule has 1 aliphatic heterocycles. The maximum Gasteiger partial charge on any atom is 0.573 e. The van der Waals surface area contributed by atoms with Crippen molar-refractivity contribution in [2.24, 2.45) is 0 Å². The van der Waals surface area contributed by atoms with Gasteiger partial charge in [0.25, 0.3) is 5.91 Å². The molecule has 178 valence electrons. The highest BCUT2D eigenvalue weighted by atomic mass is 32.2. The van der Waals surface area contributed by atoms with E-state index in [1.807, 2.05) is 30.3 Å². The molecule has 0 bridgehead atoms. The number of amides is 1. The van der Waals surface area contributed by atoms with Crippen LogP contribution in [0.25, 0.3) is 20.9 Å². The SMILES string of the molecule is CN1Cc2cc(-c3ccc(-c4cncc(NSc5ccccc5OC(F)(F)F)c4)s3)ccc2C1=O. The predicted molar refractivity (Wildman–Crippen MR) is 131 cm³/mol. The minimum absolute atomic E-state index is 0.0410. The third-order valence-corrected chi connectivity index (χ3v) is 7.44. The number of benzene rings is 2. The van der Waals surface area contributed by atoms with Crippen LogP contribution in [0.4, 0.5) is 18.9 Å². The van der Waals surface area contributed by atoms with E-state index in [9.17, 15) is 18.0 Å². The fraction of sp³-hybridized carbons (Fsp3) is 0.120. The van der Waals surface area contributed by atoms with Gasteiger partial charge in [0.05, 0.1) is 16.8 Å². The van der Waals surface area contributed by atoms with Gasteiger partial charge in [-0.2, -0.15) is 0 Å². The molecule has 10 heteroatoms. The molecule has 5 rings (SSSR count). The molecule has 0 spiro atoms. The maximum absolute atomic E-state index is 12.7. The summed E-state index contributed by atoms with van der Waals surface area (Å²) in [5, 5.41) is 0. The average molecular weight is 514 g/mol. The molecule has 3 heterocycles. The van der Waals surface area contributed by atoms with Gasteiger partial charge in [0, 0.05) is 40.7 Å².